The molecule has 0 amide bonds. The van der Waals surface area contributed by atoms with Crippen molar-refractivity contribution in [3.05, 3.63) is 17.8 Å². The summed E-state index contributed by atoms with van der Waals surface area (Å²) in [6, 6.07) is 1.96. The molecule has 3 rings (SSSR count). The SMILES string of the molecule is Cc1cc(OC2CC2)cnc1-c1nnc(N)o1. The number of hydrogen-bond donors (Lipinski definition) is 1. The van der Waals surface area contributed by atoms with E-state index < -0.39 is 0 Å². The van der Waals surface area contributed by atoms with Crippen molar-refractivity contribution in [2.45, 2.75) is 25.9 Å². The second kappa shape index (κ2) is 3.73. The smallest absolute Gasteiger partial charge is 0.313 e. The Balaban J connectivity index is 1.90. The van der Waals surface area contributed by atoms with Crippen LogP contribution in [0.4, 0.5) is 6.01 Å². The molecule has 17 heavy (non-hydrogen) atoms. The van der Waals surface area contributed by atoms with E-state index >= 15 is 0 Å². The van der Waals surface area contributed by atoms with Gasteiger partial charge >= 0.3 is 6.01 Å². The normalized spacial score (nSPS) is 14.9. The summed E-state index contributed by atoms with van der Waals surface area (Å²) in [6.07, 6.45) is 4.28. The first kappa shape index (κ1) is 10.1. The molecule has 88 valence electrons. The van der Waals surface area contributed by atoms with Crippen LogP contribution in [-0.4, -0.2) is 21.3 Å². The number of ether oxygens (including phenoxy) is 1. The maximum atomic E-state index is 5.65. The van der Waals surface area contributed by atoms with Crippen molar-refractivity contribution >= 4 is 6.01 Å². The molecule has 0 saturated heterocycles. The summed E-state index contributed by atoms with van der Waals surface area (Å²) in [5.41, 5.74) is 6.94. The zero-order chi connectivity index (χ0) is 11.8. The highest BCUT2D eigenvalue weighted by Gasteiger charge is 2.24. The van der Waals surface area contributed by atoms with Gasteiger partial charge < -0.3 is 14.9 Å². The Kier molecular flexibility index (Phi) is 2.21. The number of nitrogens with two attached hydrogens (primary N) is 1. The molecule has 2 aromatic rings. The van der Waals surface area contributed by atoms with Gasteiger partial charge in [-0.15, -0.1) is 5.10 Å². The van der Waals surface area contributed by atoms with Gasteiger partial charge in [-0.05, 0) is 31.4 Å². The molecule has 1 aliphatic carbocycles. The molecule has 1 fully saturated rings. The van der Waals surface area contributed by atoms with Crippen molar-refractivity contribution in [1.82, 2.24) is 15.2 Å². The third kappa shape index (κ3) is 2.06. The molecule has 6 nitrogen and oxygen atoms in total. The lowest BCUT2D eigenvalue weighted by Gasteiger charge is -2.06. The van der Waals surface area contributed by atoms with Crippen molar-refractivity contribution in [2.24, 2.45) is 0 Å². The maximum Gasteiger partial charge on any atom is 0.313 e. The van der Waals surface area contributed by atoms with Gasteiger partial charge in [-0.2, -0.15) is 0 Å². The number of nitrogen functional groups attached to an aromatic ring is 1. The lowest BCUT2D eigenvalue weighted by Crippen LogP contribution is -1.98. The van der Waals surface area contributed by atoms with Crippen molar-refractivity contribution in [3.63, 3.8) is 0 Å². The van der Waals surface area contributed by atoms with E-state index in [4.69, 9.17) is 14.9 Å². The summed E-state index contributed by atoms with van der Waals surface area (Å²) in [7, 11) is 0. The average Bonchev–Trinajstić information content (AvgIpc) is 3.00. The Bertz CT molecular complexity index is 548. The quantitative estimate of drug-likeness (QED) is 0.864. The topological polar surface area (TPSA) is 87.1 Å². The third-order valence-corrected chi connectivity index (χ3v) is 2.52. The number of aromatic nitrogens is 3. The van der Waals surface area contributed by atoms with Crippen LogP contribution in [0, 0.1) is 6.92 Å². The fraction of sp³-hybridized carbons (Fsp3) is 0.364. The summed E-state index contributed by atoms with van der Waals surface area (Å²) < 4.78 is 10.8. The van der Waals surface area contributed by atoms with Crippen molar-refractivity contribution in [3.8, 4) is 17.3 Å². The zero-order valence-electron chi connectivity index (χ0n) is 9.38. The number of nitrogens with zero attached hydrogens (tertiary/aromatic N) is 3. The van der Waals surface area contributed by atoms with Crippen LogP contribution in [0.25, 0.3) is 11.6 Å². The lowest BCUT2D eigenvalue weighted by molar-refractivity contribution is 0.302. The summed E-state index contributed by atoms with van der Waals surface area (Å²) in [5.74, 6) is 1.11. The summed E-state index contributed by atoms with van der Waals surface area (Å²) in [6.45, 7) is 1.92. The number of anilines is 1. The number of pyridine rings is 1. The molecule has 0 bridgehead atoms. The maximum absolute atomic E-state index is 5.65. The molecule has 0 spiro atoms. The van der Waals surface area contributed by atoms with Gasteiger partial charge in [-0.1, -0.05) is 5.10 Å². The highest BCUT2D eigenvalue weighted by Crippen LogP contribution is 2.29. The van der Waals surface area contributed by atoms with Gasteiger partial charge in [0.25, 0.3) is 5.89 Å². The average molecular weight is 232 g/mol. The van der Waals surface area contributed by atoms with E-state index in [0.717, 1.165) is 24.2 Å². The molecule has 2 aromatic heterocycles. The van der Waals surface area contributed by atoms with Gasteiger partial charge in [0, 0.05) is 0 Å². The van der Waals surface area contributed by atoms with E-state index in [1.807, 2.05) is 13.0 Å². The van der Waals surface area contributed by atoms with Gasteiger partial charge in [0.1, 0.15) is 11.4 Å². The molecule has 0 aromatic carbocycles. The Hall–Kier alpha value is -2.11. The fourth-order valence-electron chi connectivity index (χ4n) is 1.55. The lowest BCUT2D eigenvalue weighted by atomic mass is 10.2. The fourth-order valence-corrected chi connectivity index (χ4v) is 1.55. The van der Waals surface area contributed by atoms with Crippen LogP contribution in [0.1, 0.15) is 18.4 Å². The minimum atomic E-state index is 0.0412. The Morgan fingerprint density at radius 3 is 2.82 bits per heavy atom. The van der Waals surface area contributed by atoms with Crippen LogP contribution in [0.15, 0.2) is 16.7 Å². The predicted octanol–water partition coefficient (Wildman–Crippen LogP) is 1.56. The number of rotatable bonds is 3. The number of hydrogen-bond acceptors (Lipinski definition) is 6. The molecular formula is C11H12N4O2. The minimum absolute atomic E-state index is 0.0412. The Labute approximate surface area is 97.8 Å². The number of aryl methyl sites for hydroxylation is 1. The van der Waals surface area contributed by atoms with Gasteiger partial charge in [-0.3, -0.25) is 0 Å². The van der Waals surface area contributed by atoms with E-state index in [-0.39, 0.29) is 6.01 Å². The van der Waals surface area contributed by atoms with Crippen LogP contribution in [0.2, 0.25) is 0 Å². The van der Waals surface area contributed by atoms with Crippen LogP contribution < -0.4 is 10.5 Å². The Morgan fingerprint density at radius 1 is 1.41 bits per heavy atom. The van der Waals surface area contributed by atoms with E-state index in [1.165, 1.54) is 0 Å². The van der Waals surface area contributed by atoms with E-state index in [1.54, 1.807) is 6.20 Å². The summed E-state index contributed by atoms with van der Waals surface area (Å²) in [4.78, 5) is 4.27. The predicted molar refractivity (Wildman–Crippen MR) is 60.3 cm³/mol. The van der Waals surface area contributed by atoms with Crippen molar-refractivity contribution < 1.29 is 9.15 Å². The van der Waals surface area contributed by atoms with Gasteiger partial charge in [0.2, 0.25) is 0 Å². The summed E-state index contributed by atoms with van der Waals surface area (Å²) >= 11 is 0. The van der Waals surface area contributed by atoms with Crippen LogP contribution in [-0.2, 0) is 0 Å². The first-order chi connectivity index (χ1) is 8.22. The highest BCUT2D eigenvalue weighted by atomic mass is 16.5. The summed E-state index contributed by atoms with van der Waals surface area (Å²) in [5, 5.41) is 7.41. The molecule has 1 saturated carbocycles. The first-order valence-corrected chi connectivity index (χ1v) is 5.45. The van der Waals surface area contributed by atoms with E-state index in [2.05, 4.69) is 15.2 Å². The van der Waals surface area contributed by atoms with Crippen LogP contribution in [0.3, 0.4) is 0 Å². The molecular weight excluding hydrogens is 220 g/mol. The Morgan fingerprint density at radius 2 is 2.24 bits per heavy atom. The third-order valence-electron chi connectivity index (χ3n) is 2.52. The minimum Gasteiger partial charge on any atom is -0.489 e. The van der Waals surface area contributed by atoms with Crippen molar-refractivity contribution in [2.75, 3.05) is 5.73 Å². The first-order valence-electron chi connectivity index (χ1n) is 5.45. The molecule has 0 radical (unpaired) electrons. The highest BCUT2D eigenvalue weighted by molar-refractivity contribution is 5.54. The molecule has 0 unspecified atom stereocenters. The molecule has 0 atom stereocenters. The van der Waals surface area contributed by atoms with Crippen LogP contribution in [0.5, 0.6) is 5.75 Å². The molecule has 2 N–H and O–H groups in total. The second-order valence-electron chi connectivity index (χ2n) is 4.10. The van der Waals surface area contributed by atoms with Gasteiger partial charge in [-0.25, -0.2) is 4.98 Å². The zero-order valence-corrected chi connectivity index (χ0v) is 9.38. The van der Waals surface area contributed by atoms with E-state index in [0.29, 0.717) is 17.7 Å². The molecule has 6 heteroatoms. The molecule has 0 aliphatic heterocycles. The van der Waals surface area contributed by atoms with E-state index in [9.17, 15) is 0 Å². The van der Waals surface area contributed by atoms with Crippen LogP contribution >= 0.6 is 0 Å². The molecule has 1 aliphatic rings. The standard InChI is InChI=1S/C11H12N4O2/c1-6-4-8(16-7-2-3-7)5-13-9(6)10-14-15-11(12)17-10/h4-5,7H,2-3H2,1H3,(H2,12,15). The monoisotopic (exact) mass is 232 g/mol. The largest absolute Gasteiger partial charge is 0.489 e. The van der Waals surface area contributed by atoms with Gasteiger partial charge in [0.15, 0.2) is 0 Å². The van der Waals surface area contributed by atoms with Gasteiger partial charge in [0.05, 0.1) is 12.3 Å². The van der Waals surface area contributed by atoms with Crippen molar-refractivity contribution in [1.29, 1.82) is 0 Å². The second-order valence-corrected chi connectivity index (χ2v) is 4.10. The molecule has 2 heterocycles.